The Hall–Kier alpha value is -11.6. The molecule has 0 atom stereocenters. The summed E-state index contributed by atoms with van der Waals surface area (Å²) in [6.45, 7) is 0. The summed E-state index contributed by atoms with van der Waals surface area (Å²) < 4.78 is 0. The van der Waals surface area contributed by atoms with E-state index in [4.69, 9.17) is 0 Å². The fourth-order valence-electron chi connectivity index (χ4n) is 11.9. The van der Waals surface area contributed by atoms with Crippen molar-refractivity contribution < 1.29 is 0 Å². The fraction of sp³-hybridized carbons (Fsp3) is 0. The van der Waals surface area contributed by atoms with E-state index in [2.05, 4.69) is 386 Å². The molecule has 2 nitrogen and oxygen atoms in total. The van der Waals surface area contributed by atoms with E-state index in [1.807, 2.05) is 0 Å². The topological polar surface area (TPSA) is 6.48 Å². The minimum Gasteiger partial charge on any atom is -0.311 e. The zero-order valence-corrected chi connectivity index (χ0v) is 48.7. The molecule has 0 N–H and O–H groups in total. The average Bonchev–Trinajstić information content (AvgIpc) is 1.51. The van der Waals surface area contributed by atoms with Crippen molar-refractivity contribution in [1.29, 1.82) is 0 Å². The van der Waals surface area contributed by atoms with Crippen LogP contribution in [0.25, 0.3) is 103 Å². The van der Waals surface area contributed by atoms with E-state index in [0.29, 0.717) is 0 Å². The molecule has 0 heterocycles. The van der Waals surface area contributed by atoms with Crippen molar-refractivity contribution in [3.63, 3.8) is 0 Å². The summed E-state index contributed by atoms with van der Waals surface area (Å²) in [4.78, 5) is 4.71. The highest BCUT2D eigenvalue weighted by Gasteiger charge is 2.21. The molecular formula is C86H62N2. The van der Waals surface area contributed by atoms with Crippen LogP contribution in [0.3, 0.4) is 0 Å². The number of anilines is 6. The van der Waals surface area contributed by atoms with E-state index in [0.717, 1.165) is 67.5 Å². The van der Waals surface area contributed by atoms with Crippen molar-refractivity contribution >= 4 is 115 Å². The quantitative estimate of drug-likeness (QED) is 0.0703. The van der Waals surface area contributed by atoms with Gasteiger partial charge in [-0.1, -0.05) is 291 Å². The van der Waals surface area contributed by atoms with Crippen LogP contribution in [-0.4, -0.2) is 0 Å². The largest absolute Gasteiger partial charge is 0.311 e. The first kappa shape index (κ1) is 54.4. The van der Waals surface area contributed by atoms with Gasteiger partial charge in [-0.15, -0.1) is 0 Å². The molecular weight excluding hydrogens is 1060 g/mol. The standard InChI is InChI=1S/C86H62N2/c1-5-17-63(18-6-1)29-33-67-37-49-75(50-38-67)87(76-51-39-68(40-52-76)34-30-64-19-7-2-8-20-64)79-57-45-71(46-58-79)85-81-27-15-16-28-82(81)86(84-62-74-26-14-13-25-73(74)61-83(84)85)72-47-59-80(60-48-72)88(77-53-41-69(42-54-77)35-31-65-21-9-3-10-22-65)78-55-43-70(44-56-78)36-32-66-23-11-4-12-24-66/h1-62H. The lowest BCUT2D eigenvalue weighted by molar-refractivity contribution is 1.28. The molecule has 0 aliphatic rings. The molecule has 0 radical (unpaired) electrons. The van der Waals surface area contributed by atoms with Gasteiger partial charge in [0, 0.05) is 34.1 Å². The van der Waals surface area contributed by atoms with Gasteiger partial charge < -0.3 is 9.80 Å². The van der Waals surface area contributed by atoms with Crippen LogP contribution in [0.4, 0.5) is 34.1 Å². The number of fused-ring (bicyclic) bond motifs is 3. The maximum absolute atomic E-state index is 2.41. The second-order valence-corrected chi connectivity index (χ2v) is 22.1. The molecule has 0 aromatic heterocycles. The first-order chi connectivity index (χ1) is 43.6. The lowest BCUT2D eigenvalue weighted by Crippen LogP contribution is -2.10. The molecule has 0 unspecified atom stereocenters. The van der Waals surface area contributed by atoms with Gasteiger partial charge in [0.25, 0.3) is 0 Å². The molecule has 0 amide bonds. The molecule has 0 aliphatic heterocycles. The third-order valence-corrected chi connectivity index (χ3v) is 16.4. The van der Waals surface area contributed by atoms with Crippen LogP contribution < -0.4 is 9.80 Å². The van der Waals surface area contributed by atoms with E-state index in [9.17, 15) is 0 Å². The molecule has 14 aromatic rings. The molecule has 0 spiro atoms. The van der Waals surface area contributed by atoms with E-state index < -0.39 is 0 Å². The number of nitrogens with zero attached hydrogens (tertiary/aromatic N) is 2. The van der Waals surface area contributed by atoms with Crippen LogP contribution in [0.1, 0.15) is 44.5 Å². The minimum absolute atomic E-state index is 1.07. The summed E-state index contributed by atoms with van der Waals surface area (Å²) in [5, 5.41) is 7.25. The summed E-state index contributed by atoms with van der Waals surface area (Å²) in [7, 11) is 0. The summed E-state index contributed by atoms with van der Waals surface area (Å²) in [5.41, 5.74) is 20.4. The molecule has 0 aliphatic carbocycles. The number of hydrogen-bond acceptors (Lipinski definition) is 2. The summed E-state index contributed by atoms with van der Waals surface area (Å²) in [5.74, 6) is 0. The predicted molar refractivity (Wildman–Crippen MR) is 381 cm³/mol. The predicted octanol–water partition coefficient (Wildman–Crippen LogP) is 24.1. The highest BCUT2D eigenvalue weighted by molar-refractivity contribution is 6.23. The average molecular weight is 1120 g/mol. The Bertz CT molecular complexity index is 4300. The summed E-state index contributed by atoms with van der Waals surface area (Å²) in [6, 6.07) is 118. The molecule has 416 valence electrons. The van der Waals surface area contributed by atoms with Crippen molar-refractivity contribution in [3.05, 3.63) is 372 Å². The van der Waals surface area contributed by atoms with Crippen LogP contribution >= 0.6 is 0 Å². The molecule has 0 saturated carbocycles. The van der Waals surface area contributed by atoms with Gasteiger partial charge in [0.2, 0.25) is 0 Å². The van der Waals surface area contributed by atoms with Crippen LogP contribution in [0.5, 0.6) is 0 Å². The maximum Gasteiger partial charge on any atom is 0.0462 e. The third kappa shape index (κ3) is 12.1. The van der Waals surface area contributed by atoms with Crippen LogP contribution in [-0.2, 0) is 0 Å². The van der Waals surface area contributed by atoms with Crippen molar-refractivity contribution in [1.82, 2.24) is 0 Å². The number of hydrogen-bond donors (Lipinski definition) is 0. The number of benzene rings is 14. The molecule has 2 heteroatoms. The van der Waals surface area contributed by atoms with Crippen molar-refractivity contribution in [2.24, 2.45) is 0 Å². The second kappa shape index (κ2) is 25.3. The smallest absolute Gasteiger partial charge is 0.0462 e. The van der Waals surface area contributed by atoms with Gasteiger partial charge in [-0.3, -0.25) is 0 Å². The normalized spacial score (nSPS) is 11.7. The monoisotopic (exact) mass is 1120 g/mol. The number of rotatable bonds is 16. The van der Waals surface area contributed by atoms with Crippen molar-refractivity contribution in [2.45, 2.75) is 0 Å². The van der Waals surface area contributed by atoms with Gasteiger partial charge in [-0.2, -0.15) is 0 Å². The van der Waals surface area contributed by atoms with Gasteiger partial charge in [0.1, 0.15) is 0 Å². The molecule has 14 rings (SSSR count). The van der Waals surface area contributed by atoms with Gasteiger partial charge in [0.05, 0.1) is 0 Å². The van der Waals surface area contributed by atoms with Gasteiger partial charge in [-0.05, 0) is 184 Å². The third-order valence-electron chi connectivity index (χ3n) is 16.4. The van der Waals surface area contributed by atoms with Crippen LogP contribution in [0.15, 0.2) is 328 Å². The molecule has 0 bridgehead atoms. The Labute approximate surface area is 516 Å². The van der Waals surface area contributed by atoms with Crippen molar-refractivity contribution in [3.8, 4) is 22.3 Å². The van der Waals surface area contributed by atoms with E-state index in [1.165, 1.54) is 65.7 Å². The highest BCUT2D eigenvalue weighted by atomic mass is 15.1. The SMILES string of the molecule is C(=Cc1ccc(N(c2ccc(C=Cc3ccccc3)cc2)c2ccc(-c3c4ccccc4c(-c4ccc(N(c5ccc(C=Cc6ccccc6)cc5)c5ccc(C=Cc6ccccc6)cc5)cc4)c4cc5ccccc5cc34)cc2)cc1)c1ccccc1. The second-order valence-electron chi connectivity index (χ2n) is 22.1. The fourth-order valence-corrected chi connectivity index (χ4v) is 11.9. The van der Waals surface area contributed by atoms with E-state index in [-0.39, 0.29) is 0 Å². The van der Waals surface area contributed by atoms with Gasteiger partial charge in [-0.25, -0.2) is 0 Å². The van der Waals surface area contributed by atoms with E-state index in [1.54, 1.807) is 0 Å². The molecule has 88 heavy (non-hydrogen) atoms. The Morgan fingerprint density at radius 2 is 0.375 bits per heavy atom. The highest BCUT2D eigenvalue weighted by Crippen LogP contribution is 2.47. The molecule has 14 aromatic carbocycles. The Morgan fingerprint density at radius 3 is 0.625 bits per heavy atom. The maximum atomic E-state index is 2.41. The lowest BCUT2D eigenvalue weighted by atomic mass is 9.85. The van der Waals surface area contributed by atoms with Crippen LogP contribution in [0, 0.1) is 0 Å². The Kier molecular flexibility index (Phi) is 15.6. The zero-order chi connectivity index (χ0) is 58.9. The summed E-state index contributed by atoms with van der Waals surface area (Å²) in [6.07, 6.45) is 17.4. The Morgan fingerprint density at radius 1 is 0.170 bits per heavy atom. The van der Waals surface area contributed by atoms with Gasteiger partial charge in [0.15, 0.2) is 0 Å². The van der Waals surface area contributed by atoms with Crippen molar-refractivity contribution in [2.75, 3.05) is 9.80 Å². The van der Waals surface area contributed by atoms with Gasteiger partial charge >= 0.3 is 0 Å². The first-order valence-electron chi connectivity index (χ1n) is 30.1. The molecule has 0 saturated heterocycles. The summed E-state index contributed by atoms with van der Waals surface area (Å²) >= 11 is 0. The Balaban J connectivity index is 0.839. The van der Waals surface area contributed by atoms with E-state index >= 15 is 0 Å². The lowest BCUT2D eigenvalue weighted by Gasteiger charge is -2.26. The zero-order valence-electron chi connectivity index (χ0n) is 48.7. The minimum atomic E-state index is 1.07. The molecule has 0 fully saturated rings. The first-order valence-corrected chi connectivity index (χ1v) is 30.1. The van der Waals surface area contributed by atoms with Crippen LogP contribution in [0.2, 0.25) is 0 Å².